The topological polar surface area (TPSA) is 55.8 Å². The Morgan fingerprint density at radius 2 is 1.94 bits per heavy atom. The van der Waals surface area contributed by atoms with Crippen LogP contribution < -0.4 is 9.47 Å². The largest absolute Gasteiger partial charge is 0.497 e. The van der Waals surface area contributed by atoms with Crippen LogP contribution in [0.2, 0.25) is 0 Å². The number of carbonyl (C=O) groups is 1. The molecule has 3 aromatic carbocycles. The molecule has 0 saturated heterocycles. The van der Waals surface area contributed by atoms with Crippen LogP contribution in [-0.2, 0) is 17.6 Å². The van der Waals surface area contributed by atoms with Crippen LogP contribution in [0.3, 0.4) is 0 Å². The van der Waals surface area contributed by atoms with Crippen molar-refractivity contribution in [2.75, 3.05) is 7.11 Å². The molecule has 0 bridgehead atoms. The number of ether oxygens (including phenoxy) is 2. The molecule has 0 fully saturated rings. The van der Waals surface area contributed by atoms with Gasteiger partial charge < -0.3 is 14.6 Å². The molecule has 5 heteroatoms. The highest BCUT2D eigenvalue weighted by Crippen LogP contribution is 2.37. The molecule has 3 aromatic rings. The fraction of sp³-hybridized carbons (Fsp3) is 0.269. The smallest absolute Gasteiger partial charge is 0.306 e. The number of rotatable bonds is 6. The normalized spacial score (nSPS) is 16.2. The summed E-state index contributed by atoms with van der Waals surface area (Å²) < 4.78 is 25.7. The number of carboxylic acids is 1. The summed E-state index contributed by atoms with van der Waals surface area (Å²) in [6, 6.07) is 18.4. The SMILES string of the molecule is COc1ccc(F)c(-c2ccc([C@@H]3CCc4ccc(C[C@H](C)C(=O)O)cc4O3)cc2)c1. The van der Waals surface area contributed by atoms with E-state index in [9.17, 15) is 9.18 Å². The second kappa shape index (κ2) is 8.80. The zero-order valence-corrected chi connectivity index (χ0v) is 17.6. The van der Waals surface area contributed by atoms with E-state index in [-0.39, 0.29) is 11.9 Å². The predicted octanol–water partition coefficient (Wildman–Crippen LogP) is 5.83. The van der Waals surface area contributed by atoms with E-state index in [2.05, 4.69) is 0 Å². The summed E-state index contributed by atoms with van der Waals surface area (Å²) in [4.78, 5) is 11.2. The maximum absolute atomic E-state index is 14.3. The first-order valence-corrected chi connectivity index (χ1v) is 10.4. The first kappa shape index (κ1) is 20.9. The maximum Gasteiger partial charge on any atom is 0.306 e. The number of hydrogen-bond donors (Lipinski definition) is 1. The number of methoxy groups -OCH3 is 1. The van der Waals surface area contributed by atoms with Gasteiger partial charge in [0.1, 0.15) is 23.4 Å². The van der Waals surface area contributed by atoms with Crippen molar-refractivity contribution < 1.29 is 23.8 Å². The summed E-state index contributed by atoms with van der Waals surface area (Å²) >= 11 is 0. The van der Waals surface area contributed by atoms with Gasteiger partial charge in [0, 0.05) is 5.56 Å². The van der Waals surface area contributed by atoms with Gasteiger partial charge in [0.25, 0.3) is 0 Å². The standard InChI is InChI=1S/C26H25FO4/c1-16(26(28)29)13-17-3-4-20-9-12-24(31-25(20)14-17)19-7-5-18(6-8-19)22-15-21(30-2)10-11-23(22)27/h3-8,10-11,14-16,24H,9,12-13H2,1-2H3,(H,28,29)/t16-,24-/m0/s1. The first-order chi connectivity index (χ1) is 14.9. The Morgan fingerprint density at radius 3 is 2.65 bits per heavy atom. The van der Waals surface area contributed by atoms with Gasteiger partial charge in [-0.1, -0.05) is 43.3 Å². The highest BCUT2D eigenvalue weighted by atomic mass is 19.1. The summed E-state index contributed by atoms with van der Waals surface area (Å²) in [5.41, 5.74) is 4.40. The first-order valence-electron chi connectivity index (χ1n) is 10.4. The van der Waals surface area contributed by atoms with Gasteiger partial charge in [-0.3, -0.25) is 4.79 Å². The summed E-state index contributed by atoms with van der Waals surface area (Å²) in [5.74, 6) is -0.111. The van der Waals surface area contributed by atoms with Crippen molar-refractivity contribution in [3.8, 4) is 22.6 Å². The molecular weight excluding hydrogens is 395 g/mol. The van der Waals surface area contributed by atoms with E-state index in [1.807, 2.05) is 42.5 Å². The van der Waals surface area contributed by atoms with E-state index in [1.54, 1.807) is 26.2 Å². The van der Waals surface area contributed by atoms with Crippen LogP contribution in [0, 0.1) is 11.7 Å². The van der Waals surface area contributed by atoms with Gasteiger partial charge in [0.05, 0.1) is 13.0 Å². The summed E-state index contributed by atoms with van der Waals surface area (Å²) in [7, 11) is 1.56. The Balaban J connectivity index is 1.52. The molecule has 1 N–H and O–H groups in total. The Morgan fingerprint density at radius 1 is 1.16 bits per heavy atom. The molecule has 0 saturated carbocycles. The van der Waals surface area contributed by atoms with Gasteiger partial charge in [-0.05, 0) is 65.8 Å². The molecule has 4 nitrogen and oxygen atoms in total. The lowest BCUT2D eigenvalue weighted by molar-refractivity contribution is -0.141. The van der Waals surface area contributed by atoms with Crippen molar-refractivity contribution in [2.45, 2.75) is 32.3 Å². The Kier molecular flexibility index (Phi) is 5.94. The molecule has 2 atom stereocenters. The van der Waals surface area contributed by atoms with Crippen LogP contribution in [0.25, 0.3) is 11.1 Å². The molecule has 1 aliphatic heterocycles. The van der Waals surface area contributed by atoms with Crippen LogP contribution in [0.15, 0.2) is 60.7 Å². The van der Waals surface area contributed by atoms with Gasteiger partial charge in [-0.25, -0.2) is 4.39 Å². The highest BCUT2D eigenvalue weighted by Gasteiger charge is 2.22. The molecule has 0 aromatic heterocycles. The molecule has 4 rings (SSSR count). The zero-order chi connectivity index (χ0) is 22.0. The number of carboxylic acid groups (broad SMARTS) is 1. The minimum atomic E-state index is -0.802. The summed E-state index contributed by atoms with van der Waals surface area (Å²) in [6.07, 6.45) is 2.12. The van der Waals surface area contributed by atoms with Crippen molar-refractivity contribution in [3.05, 3.63) is 83.2 Å². The van der Waals surface area contributed by atoms with E-state index >= 15 is 0 Å². The van der Waals surface area contributed by atoms with E-state index in [4.69, 9.17) is 14.6 Å². The maximum atomic E-state index is 14.3. The number of halogens is 1. The summed E-state index contributed by atoms with van der Waals surface area (Å²) in [6.45, 7) is 1.71. The van der Waals surface area contributed by atoms with Crippen molar-refractivity contribution in [2.24, 2.45) is 5.92 Å². The van der Waals surface area contributed by atoms with Crippen LogP contribution in [0.1, 0.15) is 36.1 Å². The lowest BCUT2D eigenvalue weighted by atomic mass is 9.93. The number of hydrogen-bond acceptors (Lipinski definition) is 3. The molecule has 1 aliphatic rings. The number of benzene rings is 3. The Bertz CT molecular complexity index is 1090. The van der Waals surface area contributed by atoms with Crippen LogP contribution >= 0.6 is 0 Å². The lowest BCUT2D eigenvalue weighted by Crippen LogP contribution is -2.16. The third kappa shape index (κ3) is 4.55. The van der Waals surface area contributed by atoms with Gasteiger partial charge >= 0.3 is 5.97 Å². The second-order valence-corrected chi connectivity index (χ2v) is 8.00. The minimum absolute atomic E-state index is 0.0937. The van der Waals surface area contributed by atoms with E-state index < -0.39 is 11.9 Å². The lowest BCUT2D eigenvalue weighted by Gasteiger charge is -2.27. The molecule has 0 amide bonds. The molecule has 160 valence electrons. The van der Waals surface area contributed by atoms with Crippen molar-refractivity contribution in [1.82, 2.24) is 0 Å². The molecule has 0 radical (unpaired) electrons. The molecule has 1 heterocycles. The molecule has 0 unspecified atom stereocenters. The monoisotopic (exact) mass is 420 g/mol. The van der Waals surface area contributed by atoms with Crippen LogP contribution in [0.5, 0.6) is 11.5 Å². The number of fused-ring (bicyclic) bond motifs is 1. The molecule has 0 spiro atoms. The summed E-state index contributed by atoms with van der Waals surface area (Å²) in [5, 5.41) is 9.16. The number of aryl methyl sites for hydroxylation is 1. The highest BCUT2D eigenvalue weighted by molar-refractivity contribution is 5.70. The van der Waals surface area contributed by atoms with Crippen LogP contribution in [-0.4, -0.2) is 18.2 Å². The van der Waals surface area contributed by atoms with Crippen LogP contribution in [0.4, 0.5) is 4.39 Å². The van der Waals surface area contributed by atoms with Crippen molar-refractivity contribution in [1.29, 1.82) is 0 Å². The Hall–Kier alpha value is -3.34. The number of aliphatic carboxylic acids is 1. The second-order valence-electron chi connectivity index (χ2n) is 8.00. The third-order valence-corrected chi connectivity index (χ3v) is 5.81. The molecular formula is C26H25FO4. The van der Waals surface area contributed by atoms with E-state index in [0.717, 1.165) is 40.8 Å². The minimum Gasteiger partial charge on any atom is -0.497 e. The van der Waals surface area contributed by atoms with Gasteiger partial charge in [0.2, 0.25) is 0 Å². The quantitative estimate of drug-likeness (QED) is 0.545. The average Bonchev–Trinajstić information content (AvgIpc) is 2.79. The van der Waals surface area contributed by atoms with Gasteiger partial charge in [0.15, 0.2) is 0 Å². The van der Waals surface area contributed by atoms with Crippen molar-refractivity contribution >= 4 is 5.97 Å². The average molecular weight is 420 g/mol. The third-order valence-electron chi connectivity index (χ3n) is 5.81. The van der Waals surface area contributed by atoms with Crippen molar-refractivity contribution in [3.63, 3.8) is 0 Å². The molecule has 0 aliphatic carbocycles. The van der Waals surface area contributed by atoms with E-state index in [1.165, 1.54) is 6.07 Å². The Labute approximate surface area is 181 Å². The fourth-order valence-corrected chi connectivity index (χ4v) is 3.95. The van der Waals surface area contributed by atoms with Gasteiger partial charge in [-0.2, -0.15) is 0 Å². The van der Waals surface area contributed by atoms with Gasteiger partial charge in [-0.15, -0.1) is 0 Å². The van der Waals surface area contributed by atoms with E-state index in [0.29, 0.717) is 17.7 Å². The zero-order valence-electron chi connectivity index (χ0n) is 17.6. The molecule has 31 heavy (non-hydrogen) atoms. The predicted molar refractivity (Wildman–Crippen MR) is 117 cm³/mol. The fourth-order valence-electron chi connectivity index (χ4n) is 3.95.